The van der Waals surface area contributed by atoms with Gasteiger partial charge in [0, 0.05) is 24.3 Å². The average molecular weight is 290 g/mol. The van der Waals surface area contributed by atoms with Gasteiger partial charge >= 0.3 is 0 Å². The number of amides is 1. The molecule has 0 spiro atoms. The van der Waals surface area contributed by atoms with Crippen molar-refractivity contribution in [1.29, 1.82) is 0 Å². The average Bonchev–Trinajstić information content (AvgIpc) is 2.47. The van der Waals surface area contributed by atoms with E-state index in [4.69, 9.17) is 0 Å². The van der Waals surface area contributed by atoms with Crippen molar-refractivity contribution >= 4 is 11.6 Å². The van der Waals surface area contributed by atoms with Crippen LogP contribution in [0.15, 0.2) is 24.3 Å². The van der Waals surface area contributed by atoms with E-state index in [2.05, 4.69) is 24.1 Å². The smallest absolute Gasteiger partial charge is 0.242 e. The maximum absolute atomic E-state index is 12.3. The molecule has 0 aliphatic carbocycles. The van der Waals surface area contributed by atoms with Crippen LogP contribution >= 0.6 is 0 Å². The first kappa shape index (κ1) is 15.8. The van der Waals surface area contributed by atoms with Crippen molar-refractivity contribution in [2.75, 3.05) is 18.0 Å². The fourth-order valence-electron chi connectivity index (χ4n) is 2.74. The normalized spacial score (nSPS) is 19.3. The lowest BCUT2D eigenvalue weighted by Crippen LogP contribution is -2.48. The molecule has 2 unspecified atom stereocenters. The predicted octanol–water partition coefficient (Wildman–Crippen LogP) is 2.48. The summed E-state index contributed by atoms with van der Waals surface area (Å²) >= 11 is 0. The standard InChI is InChI=1S/C17H26N2O2/c1-12(2)8-10-18-17(21)13(3)19-11-9-16(20)14-6-4-5-7-15(14)19/h4-7,12-13,16,20H,8-11H2,1-3H3,(H,18,21). The van der Waals surface area contributed by atoms with Crippen LogP contribution in [-0.4, -0.2) is 30.1 Å². The van der Waals surface area contributed by atoms with Crippen LogP contribution in [0.4, 0.5) is 5.69 Å². The number of nitrogens with zero attached hydrogens (tertiary/aromatic N) is 1. The van der Waals surface area contributed by atoms with Crippen LogP contribution in [0.1, 0.15) is 45.3 Å². The summed E-state index contributed by atoms with van der Waals surface area (Å²) in [5.41, 5.74) is 1.90. The van der Waals surface area contributed by atoms with Crippen molar-refractivity contribution in [2.45, 2.75) is 45.8 Å². The summed E-state index contributed by atoms with van der Waals surface area (Å²) in [6, 6.07) is 7.59. The number of benzene rings is 1. The molecule has 0 bridgehead atoms. The fourth-order valence-corrected chi connectivity index (χ4v) is 2.74. The number of aliphatic hydroxyl groups excluding tert-OH is 1. The van der Waals surface area contributed by atoms with Gasteiger partial charge in [0.05, 0.1) is 6.10 Å². The maximum Gasteiger partial charge on any atom is 0.242 e. The lowest BCUT2D eigenvalue weighted by molar-refractivity contribution is -0.122. The minimum atomic E-state index is -0.423. The Hall–Kier alpha value is -1.55. The Morgan fingerprint density at radius 2 is 2.10 bits per heavy atom. The Labute approximate surface area is 127 Å². The van der Waals surface area contributed by atoms with Crippen LogP contribution in [0, 0.1) is 5.92 Å². The first-order valence-corrected chi connectivity index (χ1v) is 7.82. The number of rotatable bonds is 5. The predicted molar refractivity (Wildman–Crippen MR) is 85.3 cm³/mol. The van der Waals surface area contributed by atoms with Gasteiger partial charge in [-0.3, -0.25) is 4.79 Å². The molecular weight excluding hydrogens is 264 g/mol. The second kappa shape index (κ2) is 6.94. The van der Waals surface area contributed by atoms with Gasteiger partial charge in [-0.1, -0.05) is 32.0 Å². The minimum absolute atomic E-state index is 0.0573. The van der Waals surface area contributed by atoms with Gasteiger partial charge in [0.15, 0.2) is 0 Å². The molecule has 4 heteroatoms. The number of nitrogens with one attached hydrogen (secondary N) is 1. The summed E-state index contributed by atoms with van der Waals surface area (Å²) in [4.78, 5) is 14.4. The first-order valence-electron chi connectivity index (χ1n) is 7.82. The minimum Gasteiger partial charge on any atom is -0.388 e. The van der Waals surface area contributed by atoms with Gasteiger partial charge in [0.25, 0.3) is 0 Å². The van der Waals surface area contributed by atoms with Crippen molar-refractivity contribution in [2.24, 2.45) is 5.92 Å². The van der Waals surface area contributed by atoms with Crippen LogP contribution in [0.25, 0.3) is 0 Å². The molecule has 0 aromatic heterocycles. The van der Waals surface area contributed by atoms with Crippen molar-refractivity contribution in [3.05, 3.63) is 29.8 Å². The third-order valence-electron chi connectivity index (χ3n) is 4.12. The summed E-state index contributed by atoms with van der Waals surface area (Å²) in [5, 5.41) is 13.1. The summed E-state index contributed by atoms with van der Waals surface area (Å²) in [7, 11) is 0. The summed E-state index contributed by atoms with van der Waals surface area (Å²) in [5.74, 6) is 0.647. The molecule has 116 valence electrons. The van der Waals surface area contributed by atoms with E-state index in [0.717, 1.165) is 24.2 Å². The molecule has 1 aliphatic heterocycles. The molecule has 0 saturated carbocycles. The zero-order chi connectivity index (χ0) is 15.4. The highest BCUT2D eigenvalue weighted by atomic mass is 16.3. The van der Waals surface area contributed by atoms with Crippen molar-refractivity contribution < 1.29 is 9.90 Å². The molecule has 2 atom stereocenters. The summed E-state index contributed by atoms with van der Waals surface area (Å²) < 4.78 is 0. The van der Waals surface area contributed by atoms with Crippen LogP contribution in [0.5, 0.6) is 0 Å². The molecule has 1 aromatic carbocycles. The highest BCUT2D eigenvalue weighted by Gasteiger charge is 2.29. The van der Waals surface area contributed by atoms with Gasteiger partial charge < -0.3 is 15.3 Å². The van der Waals surface area contributed by atoms with Crippen molar-refractivity contribution in [3.63, 3.8) is 0 Å². The van der Waals surface area contributed by atoms with Gasteiger partial charge in [-0.25, -0.2) is 0 Å². The quantitative estimate of drug-likeness (QED) is 0.876. The van der Waals surface area contributed by atoms with E-state index in [0.29, 0.717) is 18.9 Å². The zero-order valence-electron chi connectivity index (χ0n) is 13.2. The van der Waals surface area contributed by atoms with Crippen LogP contribution in [-0.2, 0) is 4.79 Å². The molecule has 0 fully saturated rings. The SMILES string of the molecule is CC(C)CCNC(=O)C(C)N1CCC(O)c2ccccc21. The second-order valence-electron chi connectivity index (χ2n) is 6.21. The van der Waals surface area contributed by atoms with E-state index in [1.54, 1.807) is 0 Å². The first-order chi connectivity index (χ1) is 10.0. The molecule has 0 saturated heterocycles. The number of anilines is 1. The van der Waals surface area contributed by atoms with E-state index in [1.165, 1.54) is 0 Å². The van der Waals surface area contributed by atoms with Crippen molar-refractivity contribution in [3.8, 4) is 0 Å². The number of hydrogen-bond acceptors (Lipinski definition) is 3. The third kappa shape index (κ3) is 3.76. The van der Waals surface area contributed by atoms with E-state index < -0.39 is 6.10 Å². The maximum atomic E-state index is 12.3. The Morgan fingerprint density at radius 3 is 2.81 bits per heavy atom. The number of hydrogen-bond donors (Lipinski definition) is 2. The molecule has 2 N–H and O–H groups in total. The monoisotopic (exact) mass is 290 g/mol. The zero-order valence-corrected chi connectivity index (χ0v) is 13.2. The van der Waals surface area contributed by atoms with E-state index in [1.807, 2.05) is 31.2 Å². The van der Waals surface area contributed by atoms with Gasteiger partial charge in [-0.2, -0.15) is 0 Å². The molecule has 1 heterocycles. The fraction of sp³-hybridized carbons (Fsp3) is 0.588. The van der Waals surface area contributed by atoms with Crippen LogP contribution in [0.2, 0.25) is 0 Å². The molecule has 0 radical (unpaired) electrons. The topological polar surface area (TPSA) is 52.6 Å². The van der Waals surface area contributed by atoms with Crippen LogP contribution in [0.3, 0.4) is 0 Å². The summed E-state index contributed by atoms with van der Waals surface area (Å²) in [6.07, 6.45) is 1.24. The molecule has 1 aliphatic rings. The van der Waals surface area contributed by atoms with E-state index in [-0.39, 0.29) is 11.9 Å². The number of carbonyl (C=O) groups is 1. The Kier molecular flexibility index (Phi) is 5.23. The number of fused-ring (bicyclic) bond motifs is 1. The highest BCUT2D eigenvalue weighted by molar-refractivity contribution is 5.85. The third-order valence-corrected chi connectivity index (χ3v) is 4.12. The number of aliphatic hydroxyl groups is 1. The van der Waals surface area contributed by atoms with Gasteiger partial charge in [-0.05, 0) is 31.7 Å². The Balaban J connectivity index is 2.04. The number of carbonyl (C=O) groups excluding carboxylic acids is 1. The number of para-hydroxylation sites is 1. The lowest BCUT2D eigenvalue weighted by atomic mass is 9.97. The Morgan fingerprint density at radius 1 is 1.38 bits per heavy atom. The molecule has 21 heavy (non-hydrogen) atoms. The molecule has 4 nitrogen and oxygen atoms in total. The van der Waals surface area contributed by atoms with Gasteiger partial charge in [0.2, 0.25) is 5.91 Å². The molecule has 2 rings (SSSR count). The molecular formula is C17H26N2O2. The largest absolute Gasteiger partial charge is 0.388 e. The Bertz CT molecular complexity index is 487. The molecule has 1 amide bonds. The summed E-state index contributed by atoms with van der Waals surface area (Å²) in [6.45, 7) is 7.66. The molecule has 1 aromatic rings. The second-order valence-corrected chi connectivity index (χ2v) is 6.21. The lowest BCUT2D eigenvalue weighted by Gasteiger charge is -2.37. The van der Waals surface area contributed by atoms with E-state index in [9.17, 15) is 9.90 Å². The van der Waals surface area contributed by atoms with Gasteiger partial charge in [-0.15, -0.1) is 0 Å². The van der Waals surface area contributed by atoms with Crippen molar-refractivity contribution in [1.82, 2.24) is 5.32 Å². The van der Waals surface area contributed by atoms with Crippen LogP contribution < -0.4 is 10.2 Å². The highest BCUT2D eigenvalue weighted by Crippen LogP contribution is 2.34. The van der Waals surface area contributed by atoms with Gasteiger partial charge in [0.1, 0.15) is 6.04 Å². The van der Waals surface area contributed by atoms with E-state index >= 15 is 0 Å².